The number of amides is 4. The number of carbonyl (C=O) groups excluding carboxylic acids is 3. The van der Waals surface area contributed by atoms with Gasteiger partial charge >= 0.3 is 6.03 Å². The van der Waals surface area contributed by atoms with Crippen LogP contribution in [-0.2, 0) is 9.59 Å². The summed E-state index contributed by atoms with van der Waals surface area (Å²) in [7, 11) is 0. The smallest absolute Gasteiger partial charge is 0.328 e. The second kappa shape index (κ2) is 6.40. The number of halogens is 2. The monoisotopic (exact) mass is 416 g/mol. The van der Waals surface area contributed by atoms with Gasteiger partial charge in [0.15, 0.2) is 0 Å². The normalized spacial score (nSPS) is 14.6. The molecule has 0 atom stereocenters. The van der Waals surface area contributed by atoms with Crippen molar-refractivity contribution in [1.82, 2.24) is 10.6 Å². The summed E-state index contributed by atoms with van der Waals surface area (Å²) in [6.07, 6.45) is 1.39. The zero-order valence-electron chi connectivity index (χ0n) is 10.8. The average molecular weight is 418 g/mol. The molecule has 1 fully saturated rings. The Morgan fingerprint density at radius 1 is 1.10 bits per heavy atom. The molecule has 1 aliphatic heterocycles. The van der Waals surface area contributed by atoms with Gasteiger partial charge in [-0.05, 0) is 62.6 Å². The van der Waals surface area contributed by atoms with Crippen LogP contribution in [0.25, 0.3) is 6.08 Å². The molecule has 0 radical (unpaired) electrons. The van der Waals surface area contributed by atoms with Crippen LogP contribution in [0.3, 0.4) is 0 Å². The van der Waals surface area contributed by atoms with Crippen LogP contribution in [0.4, 0.5) is 4.79 Å². The van der Waals surface area contributed by atoms with E-state index < -0.39 is 17.8 Å². The third kappa shape index (κ3) is 3.51. The second-order valence-electron chi connectivity index (χ2n) is 4.04. The highest BCUT2D eigenvalue weighted by atomic mass is 79.9. The predicted octanol–water partition coefficient (Wildman–Crippen LogP) is 2.36. The van der Waals surface area contributed by atoms with E-state index in [1.54, 1.807) is 12.1 Å². The van der Waals surface area contributed by atoms with E-state index in [1.165, 1.54) is 6.08 Å². The summed E-state index contributed by atoms with van der Waals surface area (Å²) < 4.78 is 6.81. The maximum Gasteiger partial charge on any atom is 0.328 e. The Morgan fingerprint density at radius 2 is 1.62 bits per heavy atom. The van der Waals surface area contributed by atoms with Crippen LogP contribution in [0.15, 0.2) is 26.7 Å². The largest absolute Gasteiger partial charge is 0.492 e. The van der Waals surface area contributed by atoms with Gasteiger partial charge in [0.1, 0.15) is 11.3 Å². The molecule has 2 rings (SSSR count). The minimum absolute atomic E-state index is 0.141. The number of barbiturate groups is 1. The van der Waals surface area contributed by atoms with Crippen molar-refractivity contribution in [3.63, 3.8) is 0 Å². The average Bonchev–Trinajstić information content (AvgIpc) is 2.38. The third-order valence-electron chi connectivity index (χ3n) is 2.56. The van der Waals surface area contributed by atoms with Crippen LogP contribution in [0.1, 0.15) is 12.5 Å². The van der Waals surface area contributed by atoms with Gasteiger partial charge in [0, 0.05) is 0 Å². The summed E-state index contributed by atoms with van der Waals surface area (Å²) in [6, 6.07) is 2.59. The lowest BCUT2D eigenvalue weighted by Gasteiger charge is -2.14. The lowest BCUT2D eigenvalue weighted by Crippen LogP contribution is -2.51. The van der Waals surface area contributed by atoms with Crippen LogP contribution in [-0.4, -0.2) is 24.5 Å². The summed E-state index contributed by atoms with van der Waals surface area (Å²) in [5.74, 6) is -0.831. The van der Waals surface area contributed by atoms with Crippen LogP contribution in [0.5, 0.6) is 5.75 Å². The molecule has 0 bridgehead atoms. The fourth-order valence-corrected chi connectivity index (χ4v) is 3.17. The van der Waals surface area contributed by atoms with E-state index in [0.717, 1.165) is 0 Å². The van der Waals surface area contributed by atoms with Crippen LogP contribution >= 0.6 is 31.9 Å². The van der Waals surface area contributed by atoms with E-state index in [2.05, 4.69) is 31.9 Å². The van der Waals surface area contributed by atoms with Gasteiger partial charge in [-0.2, -0.15) is 0 Å². The molecule has 0 unspecified atom stereocenters. The minimum Gasteiger partial charge on any atom is -0.492 e. The standard InChI is InChI=1S/C13H10Br2N2O4/c1-2-21-10-8(14)4-6(5-9(10)15)3-7-11(18)16-13(20)17-12(7)19/h3-5H,2H2,1H3,(H2,16,17,18,19,20). The van der Waals surface area contributed by atoms with Crippen molar-refractivity contribution in [2.24, 2.45) is 0 Å². The zero-order chi connectivity index (χ0) is 15.6. The van der Waals surface area contributed by atoms with Crippen LogP contribution in [0.2, 0.25) is 0 Å². The SMILES string of the molecule is CCOc1c(Br)cc(C=C2C(=O)NC(=O)NC2=O)cc1Br. The Labute approximate surface area is 137 Å². The molecule has 8 heteroatoms. The van der Waals surface area contributed by atoms with Crippen molar-refractivity contribution in [2.45, 2.75) is 6.92 Å². The van der Waals surface area contributed by atoms with Gasteiger partial charge in [-0.15, -0.1) is 0 Å². The number of urea groups is 1. The lowest BCUT2D eigenvalue weighted by atomic mass is 10.1. The van der Waals surface area contributed by atoms with Crippen molar-refractivity contribution in [3.8, 4) is 5.75 Å². The number of nitrogens with one attached hydrogen (secondary N) is 2. The van der Waals surface area contributed by atoms with Gasteiger partial charge in [-0.1, -0.05) is 0 Å². The van der Waals surface area contributed by atoms with E-state index in [9.17, 15) is 14.4 Å². The Hall–Kier alpha value is -1.67. The molecular weight excluding hydrogens is 408 g/mol. The molecule has 1 aliphatic rings. The fourth-order valence-electron chi connectivity index (χ4n) is 1.72. The zero-order valence-corrected chi connectivity index (χ0v) is 14.0. The Bertz CT molecular complexity index is 625. The molecule has 0 spiro atoms. The Balaban J connectivity index is 2.39. The highest BCUT2D eigenvalue weighted by Gasteiger charge is 2.27. The number of benzene rings is 1. The summed E-state index contributed by atoms with van der Waals surface area (Å²) in [5.41, 5.74) is 0.462. The molecule has 1 aromatic rings. The fraction of sp³-hybridized carbons (Fsp3) is 0.154. The van der Waals surface area contributed by atoms with Crippen molar-refractivity contribution >= 4 is 55.8 Å². The maximum atomic E-state index is 11.6. The Morgan fingerprint density at radius 3 is 2.10 bits per heavy atom. The first-order valence-corrected chi connectivity index (χ1v) is 7.51. The van der Waals surface area contributed by atoms with Gasteiger partial charge in [-0.3, -0.25) is 20.2 Å². The summed E-state index contributed by atoms with van der Waals surface area (Å²) in [5, 5.41) is 4.03. The number of hydrogen-bond acceptors (Lipinski definition) is 4. The van der Waals surface area contributed by atoms with E-state index in [1.807, 2.05) is 17.6 Å². The molecular formula is C13H10Br2N2O4. The molecule has 21 heavy (non-hydrogen) atoms. The quantitative estimate of drug-likeness (QED) is 0.584. The topological polar surface area (TPSA) is 84.5 Å². The first kappa shape index (κ1) is 15.7. The summed E-state index contributed by atoms with van der Waals surface area (Å²) in [6.45, 7) is 2.37. The third-order valence-corrected chi connectivity index (χ3v) is 3.74. The number of hydrogen-bond donors (Lipinski definition) is 2. The van der Waals surface area contributed by atoms with E-state index in [-0.39, 0.29) is 5.57 Å². The van der Waals surface area contributed by atoms with Gasteiger partial charge in [-0.25, -0.2) is 4.79 Å². The molecule has 1 aromatic carbocycles. The number of rotatable bonds is 3. The van der Waals surface area contributed by atoms with E-state index >= 15 is 0 Å². The van der Waals surface area contributed by atoms with Crippen molar-refractivity contribution in [3.05, 3.63) is 32.2 Å². The highest BCUT2D eigenvalue weighted by molar-refractivity contribution is 9.11. The maximum absolute atomic E-state index is 11.6. The van der Waals surface area contributed by atoms with Crippen molar-refractivity contribution < 1.29 is 19.1 Å². The molecule has 1 heterocycles. The first-order valence-electron chi connectivity index (χ1n) is 5.92. The predicted molar refractivity (Wildman–Crippen MR) is 82.7 cm³/mol. The molecule has 0 saturated carbocycles. The summed E-state index contributed by atoms with van der Waals surface area (Å²) >= 11 is 6.73. The van der Waals surface area contributed by atoms with Crippen LogP contribution in [0, 0.1) is 0 Å². The van der Waals surface area contributed by atoms with Gasteiger partial charge in [0.05, 0.1) is 15.6 Å². The number of carbonyl (C=O) groups is 3. The molecule has 110 valence electrons. The highest BCUT2D eigenvalue weighted by Crippen LogP contribution is 2.35. The lowest BCUT2D eigenvalue weighted by molar-refractivity contribution is -0.123. The van der Waals surface area contributed by atoms with Gasteiger partial charge in [0.25, 0.3) is 11.8 Å². The molecule has 6 nitrogen and oxygen atoms in total. The van der Waals surface area contributed by atoms with Gasteiger partial charge in [0.2, 0.25) is 0 Å². The summed E-state index contributed by atoms with van der Waals surface area (Å²) in [4.78, 5) is 34.3. The van der Waals surface area contributed by atoms with E-state index in [0.29, 0.717) is 26.9 Å². The molecule has 0 aromatic heterocycles. The van der Waals surface area contributed by atoms with Crippen LogP contribution < -0.4 is 15.4 Å². The molecule has 1 saturated heterocycles. The van der Waals surface area contributed by atoms with E-state index in [4.69, 9.17) is 4.74 Å². The van der Waals surface area contributed by atoms with Crippen molar-refractivity contribution in [2.75, 3.05) is 6.61 Å². The number of ether oxygens (including phenoxy) is 1. The molecule has 0 aliphatic carbocycles. The second-order valence-corrected chi connectivity index (χ2v) is 5.75. The van der Waals surface area contributed by atoms with Crippen molar-refractivity contribution in [1.29, 1.82) is 0 Å². The minimum atomic E-state index is -0.823. The first-order chi connectivity index (χ1) is 9.92. The molecule has 4 amide bonds. The molecule has 2 N–H and O–H groups in total. The number of imide groups is 2. The Kier molecular flexibility index (Phi) is 4.79. The van der Waals surface area contributed by atoms with Gasteiger partial charge < -0.3 is 4.74 Å².